The first-order valence-electron chi connectivity index (χ1n) is 10.2. The number of carbonyl (C=O) groups excluding carboxylic acids is 1. The Bertz CT molecular complexity index is 1310. The van der Waals surface area contributed by atoms with Crippen molar-refractivity contribution in [1.82, 2.24) is 24.1 Å². The van der Waals surface area contributed by atoms with Gasteiger partial charge in [-0.3, -0.25) is 29.0 Å². The number of carbonyl (C=O) groups is 1. The van der Waals surface area contributed by atoms with E-state index in [0.29, 0.717) is 35.6 Å². The van der Waals surface area contributed by atoms with Crippen molar-refractivity contribution >= 4 is 23.1 Å². The average Bonchev–Trinajstić information content (AvgIpc) is 3.08. The van der Waals surface area contributed by atoms with Crippen LogP contribution in [0.15, 0.2) is 20.4 Å². The first-order valence-corrected chi connectivity index (χ1v) is 10.2. The van der Waals surface area contributed by atoms with Crippen LogP contribution >= 0.6 is 0 Å². The van der Waals surface area contributed by atoms with Gasteiger partial charge >= 0.3 is 5.69 Å². The molecule has 4 N–H and O–H groups in total. The van der Waals surface area contributed by atoms with Crippen molar-refractivity contribution in [2.75, 3.05) is 17.2 Å². The number of amides is 1. The van der Waals surface area contributed by atoms with E-state index in [-0.39, 0.29) is 35.9 Å². The summed E-state index contributed by atoms with van der Waals surface area (Å²) in [6, 6.07) is 1.38. The molecule has 0 spiro atoms. The van der Waals surface area contributed by atoms with E-state index < -0.39 is 11.2 Å². The zero-order valence-electron chi connectivity index (χ0n) is 18.1. The molecule has 0 aliphatic rings. The molecule has 0 aromatic carbocycles. The Balaban J connectivity index is 2.04. The molecule has 11 heteroatoms. The highest BCUT2D eigenvalue weighted by molar-refractivity contribution is 5.97. The summed E-state index contributed by atoms with van der Waals surface area (Å²) in [6.45, 7) is 7.77. The lowest BCUT2D eigenvalue weighted by Gasteiger charge is -2.24. The molecule has 3 heterocycles. The third-order valence-corrected chi connectivity index (χ3v) is 5.37. The summed E-state index contributed by atoms with van der Waals surface area (Å²) in [5, 5.41) is 2.65. The van der Waals surface area contributed by atoms with Gasteiger partial charge in [-0.05, 0) is 27.2 Å². The van der Waals surface area contributed by atoms with Gasteiger partial charge < -0.3 is 10.6 Å². The summed E-state index contributed by atoms with van der Waals surface area (Å²) in [7, 11) is 0. The number of aryl methyl sites for hydroxylation is 2. The number of anilines is 2. The van der Waals surface area contributed by atoms with Gasteiger partial charge in [0, 0.05) is 36.1 Å². The minimum absolute atomic E-state index is 0.0332. The zero-order chi connectivity index (χ0) is 22.9. The Hall–Kier alpha value is -3.63. The molecule has 0 atom stereocenters. The number of nitrogen functional groups attached to an aromatic ring is 1. The van der Waals surface area contributed by atoms with Crippen LogP contribution in [0.1, 0.15) is 43.6 Å². The molecule has 0 radical (unpaired) electrons. The van der Waals surface area contributed by atoms with Gasteiger partial charge in [-0.1, -0.05) is 13.3 Å². The highest BCUT2D eigenvalue weighted by atomic mass is 16.2. The zero-order valence-corrected chi connectivity index (χ0v) is 18.1. The number of likely N-dealkylation sites (N-methyl/N-ethyl adjacent to an activating group) is 1. The Kier molecular flexibility index (Phi) is 6.14. The van der Waals surface area contributed by atoms with E-state index in [9.17, 15) is 19.2 Å². The fourth-order valence-electron chi connectivity index (χ4n) is 3.69. The largest absolute Gasteiger partial charge is 0.383 e. The molecule has 0 aliphatic carbocycles. The van der Waals surface area contributed by atoms with Crippen molar-refractivity contribution in [3.05, 3.63) is 54.2 Å². The maximum Gasteiger partial charge on any atom is 0.330 e. The van der Waals surface area contributed by atoms with Crippen LogP contribution in [-0.4, -0.2) is 36.6 Å². The number of hydrogen-bond donors (Lipinski definition) is 3. The summed E-state index contributed by atoms with van der Waals surface area (Å²) in [6.07, 6.45) is 1.49. The normalized spacial score (nSPS) is 11.2. The molecule has 0 saturated carbocycles. The van der Waals surface area contributed by atoms with Gasteiger partial charge in [0.2, 0.25) is 5.91 Å². The van der Waals surface area contributed by atoms with Crippen LogP contribution in [0.4, 0.5) is 11.5 Å². The standard InChI is InChI=1S/C20H27N7O4/c1-5-7-8-26-18(21)17(19(30)23-20(26)31)25(6-2)16(29)9-13-11(3)22-14-10-15(28)24-27(14)12(13)4/h10H,5-9,21H2,1-4H3,(H,24,28)(H,23,30,31). The fourth-order valence-corrected chi connectivity index (χ4v) is 3.69. The van der Waals surface area contributed by atoms with E-state index in [4.69, 9.17) is 5.73 Å². The van der Waals surface area contributed by atoms with Crippen molar-refractivity contribution < 1.29 is 4.79 Å². The number of nitrogens with two attached hydrogens (primary N) is 1. The Labute approximate surface area is 177 Å². The van der Waals surface area contributed by atoms with Crippen LogP contribution in [-0.2, 0) is 17.8 Å². The van der Waals surface area contributed by atoms with Crippen molar-refractivity contribution in [2.45, 2.75) is 53.5 Å². The molecule has 11 nitrogen and oxygen atoms in total. The molecule has 1 amide bonds. The Morgan fingerprint density at radius 1 is 1.23 bits per heavy atom. The summed E-state index contributed by atoms with van der Waals surface area (Å²) in [5.41, 5.74) is 6.91. The number of rotatable bonds is 7. The smallest absolute Gasteiger partial charge is 0.330 e. The quantitative estimate of drug-likeness (QED) is 0.496. The summed E-state index contributed by atoms with van der Waals surface area (Å²) >= 11 is 0. The summed E-state index contributed by atoms with van der Waals surface area (Å²) < 4.78 is 2.81. The van der Waals surface area contributed by atoms with E-state index >= 15 is 0 Å². The van der Waals surface area contributed by atoms with Crippen LogP contribution in [0.3, 0.4) is 0 Å². The number of aromatic amines is 2. The Morgan fingerprint density at radius 2 is 1.94 bits per heavy atom. The highest BCUT2D eigenvalue weighted by Crippen LogP contribution is 2.20. The van der Waals surface area contributed by atoms with Crippen molar-refractivity contribution in [1.29, 1.82) is 0 Å². The second-order valence-electron chi connectivity index (χ2n) is 7.39. The summed E-state index contributed by atoms with van der Waals surface area (Å²) in [5.74, 6) is -0.406. The fraction of sp³-hybridized carbons (Fsp3) is 0.450. The van der Waals surface area contributed by atoms with Crippen LogP contribution < -0.4 is 27.4 Å². The first kappa shape index (κ1) is 22.1. The van der Waals surface area contributed by atoms with E-state index in [1.807, 2.05) is 6.92 Å². The molecule has 0 unspecified atom stereocenters. The first-order chi connectivity index (χ1) is 14.7. The summed E-state index contributed by atoms with van der Waals surface area (Å²) in [4.78, 5) is 57.6. The van der Waals surface area contributed by atoms with E-state index in [1.165, 1.54) is 20.0 Å². The molecule has 0 saturated heterocycles. The van der Waals surface area contributed by atoms with Gasteiger partial charge in [-0.25, -0.2) is 14.3 Å². The van der Waals surface area contributed by atoms with Gasteiger partial charge in [-0.2, -0.15) is 0 Å². The second kappa shape index (κ2) is 8.62. The maximum atomic E-state index is 13.2. The van der Waals surface area contributed by atoms with Crippen molar-refractivity contribution in [3.63, 3.8) is 0 Å². The number of fused-ring (bicyclic) bond motifs is 1. The van der Waals surface area contributed by atoms with E-state index in [0.717, 1.165) is 6.42 Å². The van der Waals surface area contributed by atoms with Crippen LogP contribution in [0.5, 0.6) is 0 Å². The number of hydrogen-bond acceptors (Lipinski definition) is 6. The predicted octanol–water partition coefficient (Wildman–Crippen LogP) is 0.467. The molecule has 3 rings (SSSR count). The third kappa shape index (κ3) is 4.03. The second-order valence-corrected chi connectivity index (χ2v) is 7.39. The maximum absolute atomic E-state index is 13.2. The molecule has 3 aromatic rings. The molecule has 0 fully saturated rings. The molecule has 166 valence electrons. The number of unbranched alkanes of at least 4 members (excludes halogenated alkanes) is 1. The third-order valence-electron chi connectivity index (χ3n) is 5.37. The molecular formula is C20H27N7O4. The van der Waals surface area contributed by atoms with Crippen LogP contribution in [0, 0.1) is 13.8 Å². The predicted molar refractivity (Wildman–Crippen MR) is 118 cm³/mol. The SMILES string of the molecule is CCCCn1c(N)c(N(CC)C(=O)Cc2c(C)nc3cc(=O)[nH]n3c2C)c(=O)[nH]c1=O. The van der Waals surface area contributed by atoms with E-state index in [1.54, 1.807) is 20.8 Å². The van der Waals surface area contributed by atoms with Crippen LogP contribution in [0.2, 0.25) is 0 Å². The molecule has 3 aromatic heterocycles. The lowest BCUT2D eigenvalue weighted by molar-refractivity contribution is -0.118. The van der Waals surface area contributed by atoms with Gasteiger partial charge in [0.25, 0.3) is 11.1 Å². The minimum atomic E-state index is -0.706. The van der Waals surface area contributed by atoms with Gasteiger partial charge in [0.05, 0.1) is 6.42 Å². The van der Waals surface area contributed by atoms with Crippen molar-refractivity contribution in [3.8, 4) is 0 Å². The molecule has 31 heavy (non-hydrogen) atoms. The number of nitrogens with zero attached hydrogens (tertiary/aromatic N) is 4. The number of H-pyrrole nitrogens is 2. The van der Waals surface area contributed by atoms with E-state index in [2.05, 4.69) is 15.1 Å². The topological polar surface area (TPSA) is 151 Å². The van der Waals surface area contributed by atoms with Crippen molar-refractivity contribution in [2.24, 2.45) is 0 Å². The van der Waals surface area contributed by atoms with Gasteiger partial charge in [0.15, 0.2) is 11.3 Å². The number of aromatic nitrogens is 5. The lowest BCUT2D eigenvalue weighted by atomic mass is 10.1. The minimum Gasteiger partial charge on any atom is -0.383 e. The van der Waals surface area contributed by atoms with Gasteiger partial charge in [-0.15, -0.1) is 0 Å². The lowest BCUT2D eigenvalue weighted by Crippen LogP contribution is -2.41. The van der Waals surface area contributed by atoms with Crippen LogP contribution in [0.25, 0.3) is 5.65 Å². The molecule has 0 aliphatic heterocycles. The average molecular weight is 429 g/mol. The Morgan fingerprint density at radius 3 is 2.58 bits per heavy atom. The number of nitrogens with one attached hydrogen (secondary N) is 2. The molecule has 0 bridgehead atoms. The van der Waals surface area contributed by atoms with Gasteiger partial charge in [0.1, 0.15) is 5.82 Å². The highest BCUT2D eigenvalue weighted by Gasteiger charge is 2.24. The monoisotopic (exact) mass is 429 g/mol. The molecular weight excluding hydrogens is 402 g/mol.